The number of nitrogens with zero attached hydrogens (tertiary/aromatic N) is 2. The van der Waals surface area contributed by atoms with Crippen LogP contribution in [-0.2, 0) is 4.74 Å². The Labute approximate surface area is 145 Å². The van der Waals surface area contributed by atoms with Gasteiger partial charge in [0.05, 0.1) is 5.69 Å². The highest BCUT2D eigenvalue weighted by Gasteiger charge is 2.24. The predicted molar refractivity (Wildman–Crippen MR) is 95.8 cm³/mol. The lowest BCUT2D eigenvalue weighted by atomic mass is 9.87. The monoisotopic (exact) mass is 336 g/mol. The lowest BCUT2D eigenvalue weighted by molar-refractivity contribution is 0.0845. The highest BCUT2D eigenvalue weighted by Crippen LogP contribution is 2.41. The van der Waals surface area contributed by atoms with Gasteiger partial charge < -0.3 is 14.9 Å². The van der Waals surface area contributed by atoms with E-state index in [9.17, 15) is 10.2 Å². The number of benzene rings is 1. The molecule has 0 bridgehead atoms. The molecule has 25 heavy (non-hydrogen) atoms. The van der Waals surface area contributed by atoms with Crippen LogP contribution in [0.3, 0.4) is 0 Å². The summed E-state index contributed by atoms with van der Waals surface area (Å²) in [4.78, 5) is 8.83. The first kappa shape index (κ1) is 15.8. The van der Waals surface area contributed by atoms with E-state index < -0.39 is 0 Å². The van der Waals surface area contributed by atoms with E-state index in [1.807, 2.05) is 25.1 Å². The largest absolute Gasteiger partial charge is 0.508 e. The van der Waals surface area contributed by atoms with Crippen molar-refractivity contribution in [3.05, 3.63) is 47.9 Å². The number of hydrogen-bond acceptors (Lipinski definition) is 5. The Kier molecular flexibility index (Phi) is 4.01. The number of aryl methyl sites for hydroxylation is 1. The molecule has 5 nitrogen and oxygen atoms in total. The first-order valence-corrected chi connectivity index (χ1v) is 8.50. The van der Waals surface area contributed by atoms with Gasteiger partial charge >= 0.3 is 0 Å². The third kappa shape index (κ3) is 2.91. The summed E-state index contributed by atoms with van der Waals surface area (Å²) in [6.45, 7) is 3.37. The molecular formula is C20H20N2O3. The van der Waals surface area contributed by atoms with Gasteiger partial charge in [-0.25, -0.2) is 4.98 Å². The van der Waals surface area contributed by atoms with Gasteiger partial charge in [-0.15, -0.1) is 0 Å². The molecule has 1 aromatic carbocycles. The molecule has 2 aromatic heterocycles. The van der Waals surface area contributed by atoms with E-state index >= 15 is 0 Å². The number of aromatic nitrogens is 2. The van der Waals surface area contributed by atoms with Crippen molar-refractivity contribution >= 4 is 10.8 Å². The summed E-state index contributed by atoms with van der Waals surface area (Å²) in [7, 11) is 0. The third-order valence-corrected chi connectivity index (χ3v) is 4.79. The van der Waals surface area contributed by atoms with Gasteiger partial charge in [-0.05, 0) is 61.0 Å². The van der Waals surface area contributed by atoms with Gasteiger partial charge in [-0.1, -0.05) is 0 Å². The lowest BCUT2D eigenvalue weighted by Crippen LogP contribution is -2.16. The van der Waals surface area contributed by atoms with Gasteiger partial charge in [0, 0.05) is 42.0 Å². The fourth-order valence-electron chi connectivity index (χ4n) is 3.57. The van der Waals surface area contributed by atoms with E-state index in [0.29, 0.717) is 18.6 Å². The van der Waals surface area contributed by atoms with Crippen LogP contribution in [0, 0.1) is 6.92 Å². The molecule has 128 valence electrons. The lowest BCUT2D eigenvalue weighted by Gasteiger charge is -2.25. The van der Waals surface area contributed by atoms with Crippen LogP contribution < -0.4 is 0 Å². The molecule has 0 amide bonds. The number of fused-ring (bicyclic) bond motifs is 1. The van der Waals surface area contributed by atoms with Crippen molar-refractivity contribution in [2.75, 3.05) is 13.2 Å². The van der Waals surface area contributed by atoms with Gasteiger partial charge in [-0.2, -0.15) is 0 Å². The van der Waals surface area contributed by atoms with Crippen molar-refractivity contribution in [2.24, 2.45) is 0 Å². The highest BCUT2D eigenvalue weighted by atomic mass is 16.5. The predicted octanol–water partition coefficient (Wildman–Crippen LogP) is 3.91. The number of pyridine rings is 2. The van der Waals surface area contributed by atoms with E-state index in [1.54, 1.807) is 18.3 Å². The summed E-state index contributed by atoms with van der Waals surface area (Å²) in [5.41, 5.74) is 3.85. The molecule has 1 aliphatic heterocycles. The summed E-state index contributed by atoms with van der Waals surface area (Å²) in [6.07, 6.45) is 3.55. The minimum Gasteiger partial charge on any atom is -0.508 e. The molecule has 1 fully saturated rings. The number of rotatable bonds is 2. The molecule has 1 saturated heterocycles. The molecule has 0 spiro atoms. The molecule has 1 aliphatic rings. The summed E-state index contributed by atoms with van der Waals surface area (Å²) in [5.74, 6) is 0.309. The number of aromatic hydroxyl groups is 2. The van der Waals surface area contributed by atoms with Crippen LogP contribution in [0.5, 0.6) is 11.6 Å². The van der Waals surface area contributed by atoms with E-state index in [-0.39, 0.29) is 17.5 Å². The Morgan fingerprint density at radius 1 is 1.04 bits per heavy atom. The molecule has 5 heteroatoms. The van der Waals surface area contributed by atoms with Crippen LogP contribution in [0.15, 0.2) is 36.5 Å². The van der Waals surface area contributed by atoms with Crippen LogP contribution in [0.25, 0.3) is 21.9 Å². The SMILES string of the molecule is Cc1cc(-c2c(C3CCOCC3)nc(O)c3cc(O)ccc23)ccn1. The first-order chi connectivity index (χ1) is 12.1. The van der Waals surface area contributed by atoms with Crippen molar-refractivity contribution < 1.29 is 14.9 Å². The summed E-state index contributed by atoms with van der Waals surface area (Å²) < 4.78 is 5.49. The van der Waals surface area contributed by atoms with Crippen molar-refractivity contribution in [3.8, 4) is 22.8 Å². The average molecular weight is 336 g/mol. The molecule has 2 N–H and O–H groups in total. The second-order valence-corrected chi connectivity index (χ2v) is 6.50. The Morgan fingerprint density at radius 3 is 2.60 bits per heavy atom. The van der Waals surface area contributed by atoms with Crippen LogP contribution in [0.2, 0.25) is 0 Å². The van der Waals surface area contributed by atoms with Gasteiger partial charge in [0.1, 0.15) is 5.75 Å². The number of phenols is 1. The maximum atomic E-state index is 10.5. The smallest absolute Gasteiger partial charge is 0.219 e. The molecule has 0 radical (unpaired) electrons. The zero-order valence-corrected chi connectivity index (χ0v) is 14.1. The topological polar surface area (TPSA) is 75.5 Å². The zero-order chi connectivity index (χ0) is 17.4. The number of phenolic OH excluding ortho intramolecular Hbond substituents is 1. The fraction of sp³-hybridized carbons (Fsp3) is 0.300. The second-order valence-electron chi connectivity index (χ2n) is 6.50. The van der Waals surface area contributed by atoms with Gasteiger partial charge in [-0.3, -0.25) is 4.98 Å². The Balaban J connectivity index is 2.02. The maximum absolute atomic E-state index is 10.5. The molecule has 0 saturated carbocycles. The molecule has 0 aliphatic carbocycles. The minimum absolute atomic E-state index is 0.0399. The van der Waals surface area contributed by atoms with E-state index in [1.165, 1.54) is 0 Å². The van der Waals surface area contributed by atoms with Crippen LogP contribution in [0.4, 0.5) is 0 Å². The average Bonchev–Trinajstić information content (AvgIpc) is 2.62. The van der Waals surface area contributed by atoms with E-state index in [4.69, 9.17) is 4.74 Å². The summed E-state index contributed by atoms with van der Waals surface area (Å²) in [6, 6.07) is 9.05. The Hall–Kier alpha value is -2.66. The Morgan fingerprint density at radius 2 is 1.84 bits per heavy atom. The van der Waals surface area contributed by atoms with Gasteiger partial charge in [0.25, 0.3) is 0 Å². The van der Waals surface area contributed by atoms with Crippen molar-refractivity contribution in [2.45, 2.75) is 25.7 Å². The molecule has 4 rings (SSSR count). The number of ether oxygens (including phenoxy) is 1. The molecule has 0 atom stereocenters. The Bertz CT molecular complexity index is 934. The van der Waals surface area contributed by atoms with Crippen LogP contribution >= 0.6 is 0 Å². The van der Waals surface area contributed by atoms with Gasteiger partial charge in [0.15, 0.2) is 0 Å². The standard InChI is InChI=1S/C20H20N2O3/c1-12-10-14(4-7-21-12)18-16-3-2-15(23)11-17(16)20(24)22-19(18)13-5-8-25-9-6-13/h2-4,7,10-11,13,23H,5-6,8-9H2,1H3,(H,22,24). The molecule has 0 unspecified atom stereocenters. The highest BCUT2D eigenvalue weighted by molar-refractivity contribution is 6.00. The van der Waals surface area contributed by atoms with Crippen molar-refractivity contribution in [1.82, 2.24) is 9.97 Å². The van der Waals surface area contributed by atoms with Crippen LogP contribution in [0.1, 0.15) is 30.1 Å². The normalized spacial score (nSPS) is 15.6. The molecule has 3 aromatic rings. The van der Waals surface area contributed by atoms with E-state index in [0.717, 1.165) is 40.7 Å². The third-order valence-electron chi connectivity index (χ3n) is 4.79. The van der Waals surface area contributed by atoms with Crippen LogP contribution in [-0.4, -0.2) is 33.4 Å². The minimum atomic E-state index is -0.0399. The molecular weight excluding hydrogens is 316 g/mol. The summed E-state index contributed by atoms with van der Waals surface area (Å²) in [5, 5.41) is 21.7. The fourth-order valence-corrected chi connectivity index (χ4v) is 3.57. The first-order valence-electron chi connectivity index (χ1n) is 8.50. The maximum Gasteiger partial charge on any atom is 0.219 e. The van der Waals surface area contributed by atoms with Crippen molar-refractivity contribution in [1.29, 1.82) is 0 Å². The quantitative estimate of drug-likeness (QED) is 0.742. The summed E-state index contributed by atoms with van der Waals surface area (Å²) >= 11 is 0. The van der Waals surface area contributed by atoms with Crippen molar-refractivity contribution in [3.63, 3.8) is 0 Å². The zero-order valence-electron chi connectivity index (χ0n) is 14.1. The second kappa shape index (κ2) is 6.33. The van der Waals surface area contributed by atoms with Gasteiger partial charge in [0.2, 0.25) is 5.88 Å². The van der Waals surface area contributed by atoms with E-state index in [2.05, 4.69) is 9.97 Å². The molecule has 3 heterocycles. The number of hydrogen-bond donors (Lipinski definition) is 2.